The Morgan fingerprint density at radius 1 is 1.48 bits per heavy atom. The fourth-order valence-electron chi connectivity index (χ4n) is 2.50. The van der Waals surface area contributed by atoms with Crippen molar-refractivity contribution in [1.29, 1.82) is 0 Å². The number of hydrogen-bond donors (Lipinski definition) is 1. The molecule has 2 rings (SSSR count). The molecule has 0 atom stereocenters. The Kier molecular flexibility index (Phi) is 5.69. The number of hydrogen-bond acceptors (Lipinski definition) is 6. The van der Waals surface area contributed by atoms with Gasteiger partial charge in [0.05, 0.1) is 13.5 Å². The number of piperidine rings is 1. The van der Waals surface area contributed by atoms with Gasteiger partial charge in [0.2, 0.25) is 11.8 Å². The molecule has 0 unspecified atom stereocenters. The van der Waals surface area contributed by atoms with Crippen molar-refractivity contribution in [2.24, 2.45) is 5.92 Å². The molecule has 1 aromatic heterocycles. The van der Waals surface area contributed by atoms with Crippen LogP contribution in [0, 0.1) is 5.92 Å². The molecule has 1 fully saturated rings. The molecule has 7 nitrogen and oxygen atoms in total. The Morgan fingerprint density at radius 3 is 2.81 bits per heavy atom. The fourth-order valence-corrected chi connectivity index (χ4v) is 2.50. The number of nitrogens with zero attached hydrogens (tertiary/aromatic N) is 3. The van der Waals surface area contributed by atoms with Crippen molar-refractivity contribution in [3.05, 3.63) is 11.7 Å². The van der Waals surface area contributed by atoms with Crippen LogP contribution in [0.15, 0.2) is 4.52 Å². The van der Waals surface area contributed by atoms with Crippen LogP contribution in [0.3, 0.4) is 0 Å². The quantitative estimate of drug-likeness (QED) is 0.842. The lowest BCUT2D eigenvalue weighted by atomic mass is 9.94. The summed E-state index contributed by atoms with van der Waals surface area (Å²) in [6, 6.07) is 0.120. The molecule has 118 valence electrons. The second-order valence-corrected chi connectivity index (χ2v) is 5.76. The lowest BCUT2D eigenvalue weighted by molar-refractivity contribution is -0.148. The van der Waals surface area contributed by atoms with Gasteiger partial charge in [0.25, 0.3) is 0 Å². The second kappa shape index (κ2) is 7.51. The summed E-state index contributed by atoms with van der Waals surface area (Å²) in [6.07, 6.45) is 3.05. The third kappa shape index (κ3) is 5.09. The van der Waals surface area contributed by atoms with Crippen molar-refractivity contribution in [1.82, 2.24) is 20.5 Å². The first-order chi connectivity index (χ1) is 10.1. The zero-order valence-electron chi connectivity index (χ0n) is 13.0. The van der Waals surface area contributed by atoms with Crippen LogP contribution in [0.5, 0.6) is 0 Å². The summed E-state index contributed by atoms with van der Waals surface area (Å²) >= 11 is 0. The van der Waals surface area contributed by atoms with Gasteiger partial charge in [-0.15, -0.1) is 0 Å². The topological polar surface area (TPSA) is 80.5 Å². The van der Waals surface area contributed by atoms with Gasteiger partial charge in [0, 0.05) is 25.6 Å². The molecule has 1 aliphatic heterocycles. The van der Waals surface area contributed by atoms with Gasteiger partial charge in [0.1, 0.15) is 0 Å². The first kappa shape index (κ1) is 15.9. The highest BCUT2D eigenvalue weighted by Gasteiger charge is 2.22. The summed E-state index contributed by atoms with van der Waals surface area (Å²) in [7, 11) is 1.70. The van der Waals surface area contributed by atoms with Crippen LogP contribution in [0.1, 0.15) is 38.4 Å². The minimum atomic E-state index is -0.0780. The molecule has 0 bridgehead atoms. The molecule has 0 aromatic carbocycles. The Balaban J connectivity index is 1.79. The molecule has 0 saturated carbocycles. The number of aromatic nitrogens is 2. The van der Waals surface area contributed by atoms with Crippen LogP contribution >= 0.6 is 0 Å². The standard InChI is InChI=1S/C14H24N4O3/c1-10(2)15-13(19)9-12-16-14(21-17-12)8-11-4-6-18(20-3)7-5-11/h10-11H,4-9H2,1-3H3,(H,15,19). The number of amides is 1. The SMILES string of the molecule is CON1CCC(Cc2nc(CC(=O)NC(C)C)no2)CC1. The zero-order chi connectivity index (χ0) is 15.2. The molecule has 7 heteroatoms. The first-order valence-electron chi connectivity index (χ1n) is 7.46. The molecule has 1 N–H and O–H groups in total. The highest BCUT2D eigenvalue weighted by molar-refractivity contribution is 5.77. The lowest BCUT2D eigenvalue weighted by Crippen LogP contribution is -2.33. The summed E-state index contributed by atoms with van der Waals surface area (Å²) in [5.41, 5.74) is 0. The molecule has 1 amide bonds. The largest absolute Gasteiger partial charge is 0.354 e. The molecular formula is C14H24N4O3. The molecule has 1 aromatic rings. The van der Waals surface area contributed by atoms with Gasteiger partial charge in [-0.2, -0.15) is 10.0 Å². The number of carbonyl (C=O) groups excluding carboxylic acids is 1. The van der Waals surface area contributed by atoms with E-state index in [1.165, 1.54) is 0 Å². The third-order valence-electron chi connectivity index (χ3n) is 3.57. The molecule has 1 saturated heterocycles. The number of nitrogens with one attached hydrogen (secondary N) is 1. The highest BCUT2D eigenvalue weighted by atomic mass is 16.7. The predicted octanol–water partition coefficient (Wildman–Crippen LogP) is 0.953. The van der Waals surface area contributed by atoms with E-state index in [1.807, 2.05) is 18.9 Å². The third-order valence-corrected chi connectivity index (χ3v) is 3.57. The minimum absolute atomic E-state index is 0.0780. The smallest absolute Gasteiger partial charge is 0.228 e. The molecule has 0 spiro atoms. The molecule has 0 radical (unpaired) electrons. The van der Waals surface area contributed by atoms with Gasteiger partial charge >= 0.3 is 0 Å². The average Bonchev–Trinajstić information content (AvgIpc) is 2.85. The summed E-state index contributed by atoms with van der Waals surface area (Å²) in [5, 5.41) is 8.66. The fraction of sp³-hybridized carbons (Fsp3) is 0.786. The highest BCUT2D eigenvalue weighted by Crippen LogP contribution is 2.20. The first-order valence-corrected chi connectivity index (χ1v) is 7.46. The van der Waals surface area contributed by atoms with E-state index in [0.717, 1.165) is 32.4 Å². The van der Waals surface area contributed by atoms with E-state index in [9.17, 15) is 4.79 Å². The van der Waals surface area contributed by atoms with Crippen LogP contribution in [0.4, 0.5) is 0 Å². The Labute approximate surface area is 125 Å². The zero-order valence-corrected chi connectivity index (χ0v) is 13.0. The lowest BCUT2D eigenvalue weighted by Gasteiger charge is -2.29. The summed E-state index contributed by atoms with van der Waals surface area (Å²) in [4.78, 5) is 21.2. The van der Waals surface area contributed by atoms with Gasteiger partial charge in [-0.1, -0.05) is 5.16 Å². The summed E-state index contributed by atoms with van der Waals surface area (Å²) < 4.78 is 5.24. The van der Waals surface area contributed by atoms with Crippen molar-refractivity contribution >= 4 is 5.91 Å². The van der Waals surface area contributed by atoms with Crippen molar-refractivity contribution in [3.8, 4) is 0 Å². The Morgan fingerprint density at radius 2 is 2.19 bits per heavy atom. The van der Waals surface area contributed by atoms with E-state index in [2.05, 4.69) is 15.5 Å². The summed E-state index contributed by atoms with van der Waals surface area (Å²) in [5.74, 6) is 1.54. The van der Waals surface area contributed by atoms with Crippen molar-refractivity contribution in [2.45, 2.75) is 45.6 Å². The summed E-state index contributed by atoms with van der Waals surface area (Å²) in [6.45, 7) is 5.70. The Hall–Kier alpha value is -1.47. The maximum atomic E-state index is 11.6. The van der Waals surface area contributed by atoms with Gasteiger partial charge in [0.15, 0.2) is 5.82 Å². The van der Waals surface area contributed by atoms with Crippen LogP contribution < -0.4 is 5.32 Å². The molecule has 2 heterocycles. The van der Waals surface area contributed by atoms with E-state index < -0.39 is 0 Å². The van der Waals surface area contributed by atoms with Crippen LogP contribution in [-0.2, 0) is 22.5 Å². The average molecular weight is 296 g/mol. The van der Waals surface area contributed by atoms with E-state index in [4.69, 9.17) is 9.36 Å². The molecule has 0 aliphatic carbocycles. The van der Waals surface area contributed by atoms with E-state index in [1.54, 1.807) is 7.11 Å². The van der Waals surface area contributed by atoms with Gasteiger partial charge < -0.3 is 14.7 Å². The maximum absolute atomic E-state index is 11.6. The van der Waals surface area contributed by atoms with Crippen LogP contribution in [-0.4, -0.2) is 47.4 Å². The van der Waals surface area contributed by atoms with Crippen molar-refractivity contribution < 1.29 is 14.2 Å². The predicted molar refractivity (Wildman–Crippen MR) is 76.3 cm³/mol. The van der Waals surface area contributed by atoms with Gasteiger partial charge in [-0.05, 0) is 32.6 Å². The maximum Gasteiger partial charge on any atom is 0.228 e. The molecular weight excluding hydrogens is 272 g/mol. The van der Waals surface area contributed by atoms with E-state index in [-0.39, 0.29) is 18.4 Å². The normalized spacial score (nSPS) is 17.3. The second-order valence-electron chi connectivity index (χ2n) is 5.76. The van der Waals surface area contributed by atoms with E-state index >= 15 is 0 Å². The van der Waals surface area contributed by atoms with Gasteiger partial charge in [-0.3, -0.25) is 4.79 Å². The molecule has 21 heavy (non-hydrogen) atoms. The minimum Gasteiger partial charge on any atom is -0.354 e. The molecule has 1 aliphatic rings. The number of rotatable bonds is 6. The van der Waals surface area contributed by atoms with Crippen molar-refractivity contribution in [2.75, 3.05) is 20.2 Å². The number of carbonyl (C=O) groups is 1. The van der Waals surface area contributed by atoms with Gasteiger partial charge in [-0.25, -0.2) is 0 Å². The monoisotopic (exact) mass is 296 g/mol. The van der Waals surface area contributed by atoms with Crippen LogP contribution in [0.25, 0.3) is 0 Å². The van der Waals surface area contributed by atoms with Crippen molar-refractivity contribution in [3.63, 3.8) is 0 Å². The number of hydroxylamine groups is 2. The van der Waals surface area contributed by atoms with Crippen LogP contribution in [0.2, 0.25) is 0 Å². The van der Waals surface area contributed by atoms with E-state index in [0.29, 0.717) is 17.6 Å². The Bertz CT molecular complexity index is 453.